The molecule has 0 bridgehead atoms. The minimum absolute atomic E-state index is 0.198. The molecule has 0 fully saturated rings. The van der Waals surface area contributed by atoms with Crippen molar-refractivity contribution < 1.29 is 9.21 Å². The predicted molar refractivity (Wildman–Crippen MR) is 69.1 cm³/mol. The summed E-state index contributed by atoms with van der Waals surface area (Å²) in [4.78, 5) is 16.0. The number of rotatable bonds is 4. The summed E-state index contributed by atoms with van der Waals surface area (Å²) in [5.41, 5.74) is 1.19. The van der Waals surface area contributed by atoms with Gasteiger partial charge < -0.3 is 9.73 Å². The molecular weight excluding hydrogens is 228 g/mol. The van der Waals surface area contributed by atoms with Gasteiger partial charge in [0.05, 0.1) is 0 Å². The first kappa shape index (κ1) is 12.4. The van der Waals surface area contributed by atoms with Crippen molar-refractivity contribution in [2.24, 2.45) is 5.92 Å². The second-order valence-electron chi connectivity index (χ2n) is 4.50. The van der Waals surface area contributed by atoms with E-state index in [1.54, 1.807) is 0 Å². The molecular formula is C14H16N2O2. The quantitative estimate of drug-likeness (QED) is 0.899. The Labute approximate surface area is 106 Å². The second kappa shape index (κ2) is 5.49. The van der Waals surface area contributed by atoms with Crippen LogP contribution in [0.2, 0.25) is 0 Å². The highest BCUT2D eigenvalue weighted by Crippen LogP contribution is 2.22. The third-order valence-electron chi connectivity index (χ3n) is 2.49. The van der Waals surface area contributed by atoms with Gasteiger partial charge in [-0.05, 0) is 5.92 Å². The minimum atomic E-state index is -0.198. The fraction of sp³-hybridized carbons (Fsp3) is 0.286. The molecule has 1 aromatic carbocycles. The maximum atomic E-state index is 12.0. The molecule has 0 radical (unpaired) electrons. The number of amides is 1. The average Bonchev–Trinajstić information content (AvgIpc) is 2.86. The molecule has 2 aromatic rings. The van der Waals surface area contributed by atoms with Crippen molar-refractivity contribution in [3.63, 3.8) is 0 Å². The Kier molecular flexibility index (Phi) is 3.77. The van der Waals surface area contributed by atoms with E-state index in [2.05, 4.69) is 10.3 Å². The summed E-state index contributed by atoms with van der Waals surface area (Å²) in [7, 11) is 0. The number of hydrogen-bond acceptors (Lipinski definition) is 3. The van der Waals surface area contributed by atoms with Crippen LogP contribution in [0.1, 0.15) is 24.3 Å². The molecule has 1 N–H and O–H groups in total. The molecule has 0 saturated heterocycles. The Balaban J connectivity index is 2.20. The third-order valence-corrected chi connectivity index (χ3v) is 2.49. The van der Waals surface area contributed by atoms with Gasteiger partial charge in [0.2, 0.25) is 0 Å². The maximum absolute atomic E-state index is 12.0. The van der Waals surface area contributed by atoms with Gasteiger partial charge in [0.15, 0.2) is 17.8 Å². The van der Waals surface area contributed by atoms with Crippen molar-refractivity contribution >= 4 is 5.91 Å². The molecule has 0 aliphatic rings. The van der Waals surface area contributed by atoms with E-state index in [0.717, 1.165) is 5.56 Å². The molecule has 0 saturated carbocycles. The van der Waals surface area contributed by atoms with Crippen molar-refractivity contribution in [1.82, 2.24) is 10.3 Å². The number of carbonyl (C=O) groups excluding carboxylic acids is 1. The van der Waals surface area contributed by atoms with Crippen LogP contribution in [0.15, 0.2) is 41.1 Å². The molecule has 0 spiro atoms. The van der Waals surface area contributed by atoms with E-state index in [-0.39, 0.29) is 5.91 Å². The van der Waals surface area contributed by atoms with E-state index < -0.39 is 0 Å². The number of carbonyl (C=O) groups is 1. The lowest BCUT2D eigenvalue weighted by Crippen LogP contribution is -2.27. The zero-order chi connectivity index (χ0) is 13.0. The van der Waals surface area contributed by atoms with Crippen molar-refractivity contribution in [3.05, 3.63) is 42.4 Å². The van der Waals surface area contributed by atoms with Crippen LogP contribution >= 0.6 is 0 Å². The van der Waals surface area contributed by atoms with E-state index >= 15 is 0 Å². The van der Waals surface area contributed by atoms with Gasteiger partial charge in [-0.2, -0.15) is 0 Å². The lowest BCUT2D eigenvalue weighted by atomic mass is 10.1. The molecule has 1 aromatic heterocycles. The van der Waals surface area contributed by atoms with Crippen LogP contribution in [0, 0.1) is 5.92 Å². The first-order chi connectivity index (χ1) is 8.68. The monoisotopic (exact) mass is 244 g/mol. The average molecular weight is 244 g/mol. The summed E-state index contributed by atoms with van der Waals surface area (Å²) in [6.07, 6.45) is 1.30. The Morgan fingerprint density at radius 2 is 2.06 bits per heavy atom. The minimum Gasteiger partial charge on any atom is -0.443 e. The SMILES string of the molecule is CC(C)CNC(=O)c1ncoc1-c1ccccc1. The Morgan fingerprint density at radius 1 is 1.33 bits per heavy atom. The standard InChI is InChI=1S/C14H16N2O2/c1-10(2)8-15-14(17)12-13(18-9-16-12)11-6-4-3-5-7-11/h3-7,9-10H,8H2,1-2H3,(H,15,17). The highest BCUT2D eigenvalue weighted by Gasteiger charge is 2.17. The molecule has 0 unspecified atom stereocenters. The number of nitrogens with one attached hydrogen (secondary N) is 1. The number of aromatic nitrogens is 1. The van der Waals surface area contributed by atoms with Crippen LogP contribution in [-0.2, 0) is 0 Å². The molecule has 94 valence electrons. The fourth-order valence-corrected chi connectivity index (χ4v) is 1.58. The smallest absolute Gasteiger partial charge is 0.273 e. The summed E-state index contributed by atoms with van der Waals surface area (Å²) < 4.78 is 5.31. The number of benzene rings is 1. The fourth-order valence-electron chi connectivity index (χ4n) is 1.58. The number of hydrogen-bond donors (Lipinski definition) is 1. The predicted octanol–water partition coefficient (Wildman–Crippen LogP) is 2.73. The van der Waals surface area contributed by atoms with Gasteiger partial charge >= 0.3 is 0 Å². The van der Waals surface area contributed by atoms with Crippen LogP contribution in [0.3, 0.4) is 0 Å². The lowest BCUT2D eigenvalue weighted by Gasteiger charge is -2.06. The molecule has 1 amide bonds. The van der Waals surface area contributed by atoms with Gasteiger partial charge in [-0.25, -0.2) is 4.98 Å². The van der Waals surface area contributed by atoms with Gasteiger partial charge in [-0.1, -0.05) is 44.2 Å². The topological polar surface area (TPSA) is 55.1 Å². The highest BCUT2D eigenvalue weighted by atomic mass is 16.3. The normalized spacial score (nSPS) is 10.6. The van der Waals surface area contributed by atoms with E-state index in [1.165, 1.54) is 6.39 Å². The van der Waals surface area contributed by atoms with Gasteiger partial charge in [0, 0.05) is 12.1 Å². The lowest BCUT2D eigenvalue weighted by molar-refractivity contribution is 0.0945. The molecule has 18 heavy (non-hydrogen) atoms. The van der Waals surface area contributed by atoms with E-state index in [9.17, 15) is 4.79 Å². The van der Waals surface area contributed by atoms with Crippen LogP contribution in [0.25, 0.3) is 11.3 Å². The number of nitrogens with zero attached hydrogens (tertiary/aromatic N) is 1. The molecule has 4 nitrogen and oxygen atoms in total. The van der Waals surface area contributed by atoms with Crippen LogP contribution < -0.4 is 5.32 Å². The van der Waals surface area contributed by atoms with E-state index in [1.807, 2.05) is 44.2 Å². The molecule has 0 aliphatic heterocycles. The highest BCUT2D eigenvalue weighted by molar-refractivity contribution is 5.97. The Hall–Kier alpha value is -2.10. The molecule has 2 rings (SSSR count). The van der Waals surface area contributed by atoms with Crippen LogP contribution in [0.4, 0.5) is 0 Å². The summed E-state index contributed by atoms with van der Waals surface area (Å²) >= 11 is 0. The first-order valence-corrected chi connectivity index (χ1v) is 5.95. The van der Waals surface area contributed by atoms with Gasteiger partial charge in [0.1, 0.15) is 0 Å². The largest absolute Gasteiger partial charge is 0.443 e. The van der Waals surface area contributed by atoms with Crippen LogP contribution in [0.5, 0.6) is 0 Å². The van der Waals surface area contributed by atoms with Crippen molar-refractivity contribution in [3.8, 4) is 11.3 Å². The zero-order valence-electron chi connectivity index (χ0n) is 10.5. The van der Waals surface area contributed by atoms with Crippen LogP contribution in [-0.4, -0.2) is 17.4 Å². The summed E-state index contributed by atoms with van der Waals surface area (Å²) in [6.45, 7) is 4.71. The van der Waals surface area contributed by atoms with Gasteiger partial charge in [-0.15, -0.1) is 0 Å². The van der Waals surface area contributed by atoms with E-state index in [0.29, 0.717) is 23.9 Å². The second-order valence-corrected chi connectivity index (χ2v) is 4.50. The van der Waals surface area contributed by atoms with Crippen molar-refractivity contribution in [1.29, 1.82) is 0 Å². The van der Waals surface area contributed by atoms with Gasteiger partial charge in [0.25, 0.3) is 5.91 Å². The summed E-state index contributed by atoms with van der Waals surface area (Å²) in [5.74, 6) is 0.717. The summed E-state index contributed by atoms with van der Waals surface area (Å²) in [5, 5.41) is 2.83. The third kappa shape index (κ3) is 2.77. The number of oxazole rings is 1. The zero-order valence-corrected chi connectivity index (χ0v) is 10.5. The maximum Gasteiger partial charge on any atom is 0.273 e. The molecule has 1 heterocycles. The molecule has 0 aliphatic carbocycles. The van der Waals surface area contributed by atoms with E-state index in [4.69, 9.17) is 4.42 Å². The summed E-state index contributed by atoms with van der Waals surface area (Å²) in [6, 6.07) is 9.49. The Bertz CT molecular complexity index is 518. The van der Waals surface area contributed by atoms with Crippen molar-refractivity contribution in [2.45, 2.75) is 13.8 Å². The molecule has 0 atom stereocenters. The Morgan fingerprint density at radius 3 is 2.72 bits per heavy atom. The van der Waals surface area contributed by atoms with Gasteiger partial charge in [-0.3, -0.25) is 4.79 Å². The van der Waals surface area contributed by atoms with Crippen molar-refractivity contribution in [2.75, 3.05) is 6.54 Å². The first-order valence-electron chi connectivity index (χ1n) is 5.95. The molecule has 4 heteroatoms.